The number of anilines is 1. The fraction of sp³-hybridized carbons (Fsp3) is 0.316. The predicted molar refractivity (Wildman–Crippen MR) is 96.8 cm³/mol. The number of benzene rings is 2. The number of halogens is 2. The van der Waals surface area contributed by atoms with Crippen LogP contribution in [0.4, 0.5) is 10.1 Å². The lowest BCUT2D eigenvalue weighted by molar-refractivity contribution is 0.0719. The molecule has 1 saturated heterocycles. The maximum absolute atomic E-state index is 13.6. The quantitative estimate of drug-likeness (QED) is 0.819. The van der Waals surface area contributed by atoms with Crippen molar-refractivity contribution in [1.82, 2.24) is 4.90 Å². The van der Waals surface area contributed by atoms with Crippen molar-refractivity contribution in [3.05, 3.63) is 65.0 Å². The highest BCUT2D eigenvalue weighted by Crippen LogP contribution is 2.38. The van der Waals surface area contributed by atoms with E-state index in [1.54, 1.807) is 18.2 Å². The van der Waals surface area contributed by atoms with Crippen LogP contribution in [0.1, 0.15) is 40.9 Å². The Labute approximate surface area is 148 Å². The first-order chi connectivity index (χ1) is 11.0. The number of nitrogen functional groups attached to an aromatic ring is 1. The zero-order chi connectivity index (χ0) is 16.6. The first kappa shape index (κ1) is 18.3. The molecule has 2 N–H and O–H groups in total. The summed E-state index contributed by atoms with van der Waals surface area (Å²) in [4.78, 5) is 14.9. The molecule has 3 rings (SSSR count). The number of hydrogen-bond donors (Lipinski definition) is 1. The minimum Gasteiger partial charge on any atom is -0.399 e. The number of carbonyl (C=O) groups is 1. The molecule has 0 radical (unpaired) electrons. The molecule has 1 fully saturated rings. The van der Waals surface area contributed by atoms with Gasteiger partial charge >= 0.3 is 0 Å². The summed E-state index contributed by atoms with van der Waals surface area (Å²) < 4.78 is 13.6. The van der Waals surface area contributed by atoms with Gasteiger partial charge in [0.25, 0.3) is 5.91 Å². The largest absolute Gasteiger partial charge is 0.399 e. The average Bonchev–Trinajstić information content (AvgIpc) is 2.90. The Kier molecular flexibility index (Phi) is 5.50. The molecular weight excluding hydrogens is 327 g/mol. The van der Waals surface area contributed by atoms with Gasteiger partial charge in [0, 0.05) is 17.8 Å². The third-order valence-electron chi connectivity index (χ3n) is 4.64. The number of carbonyl (C=O) groups excluding carboxylic acids is 1. The monoisotopic (exact) mass is 348 g/mol. The minimum atomic E-state index is -0.269. The van der Waals surface area contributed by atoms with E-state index >= 15 is 0 Å². The first-order valence-electron chi connectivity index (χ1n) is 7.90. The molecule has 0 aromatic heterocycles. The Morgan fingerprint density at radius 2 is 2.00 bits per heavy atom. The number of hydrogen-bond acceptors (Lipinski definition) is 2. The van der Waals surface area contributed by atoms with Crippen molar-refractivity contribution in [2.45, 2.75) is 26.3 Å². The summed E-state index contributed by atoms with van der Waals surface area (Å²) in [6.45, 7) is 4.69. The van der Waals surface area contributed by atoms with Crippen LogP contribution in [0.2, 0.25) is 0 Å². The second kappa shape index (κ2) is 7.22. The molecule has 1 aliphatic heterocycles. The molecule has 0 bridgehead atoms. The van der Waals surface area contributed by atoms with Crippen LogP contribution in [0.3, 0.4) is 0 Å². The van der Waals surface area contributed by atoms with Crippen LogP contribution in [0.25, 0.3) is 0 Å². The highest BCUT2D eigenvalue weighted by Gasteiger charge is 2.36. The standard InChI is InChI=1S/C19H21FN2O.ClH/c1-12-6-7-16(21)11-17(12)19(23)22-9-8-13(2)18(22)14-4-3-5-15(20)10-14;/h3-7,10-11,13,18H,8-9,21H2,1-2H3;1H. The number of amides is 1. The molecule has 24 heavy (non-hydrogen) atoms. The Balaban J connectivity index is 0.00000208. The summed E-state index contributed by atoms with van der Waals surface area (Å²) in [5.41, 5.74) is 8.80. The van der Waals surface area contributed by atoms with Gasteiger partial charge in [0.05, 0.1) is 6.04 Å². The van der Waals surface area contributed by atoms with Crippen LogP contribution < -0.4 is 5.73 Å². The SMILES string of the molecule is Cc1ccc(N)cc1C(=O)N1CCC(C)C1c1cccc(F)c1.Cl. The molecule has 2 aromatic rings. The van der Waals surface area contributed by atoms with Crippen molar-refractivity contribution in [3.8, 4) is 0 Å². The third-order valence-corrected chi connectivity index (χ3v) is 4.64. The molecule has 0 saturated carbocycles. The molecule has 2 aromatic carbocycles. The van der Waals surface area contributed by atoms with Crippen LogP contribution in [-0.4, -0.2) is 17.4 Å². The van der Waals surface area contributed by atoms with Gasteiger partial charge in [0.15, 0.2) is 0 Å². The molecule has 1 heterocycles. The number of likely N-dealkylation sites (tertiary alicyclic amines) is 1. The van der Waals surface area contributed by atoms with Crippen molar-refractivity contribution in [2.75, 3.05) is 12.3 Å². The van der Waals surface area contributed by atoms with Crippen LogP contribution in [0.5, 0.6) is 0 Å². The zero-order valence-corrected chi connectivity index (χ0v) is 14.6. The molecule has 2 unspecified atom stereocenters. The van der Waals surface area contributed by atoms with Crippen molar-refractivity contribution < 1.29 is 9.18 Å². The van der Waals surface area contributed by atoms with Gasteiger partial charge in [-0.1, -0.05) is 25.1 Å². The lowest BCUT2D eigenvalue weighted by atomic mass is 9.95. The van der Waals surface area contributed by atoms with Crippen LogP contribution >= 0.6 is 12.4 Å². The molecule has 3 nitrogen and oxygen atoms in total. The van der Waals surface area contributed by atoms with Crippen LogP contribution in [0, 0.1) is 18.7 Å². The lowest BCUT2D eigenvalue weighted by Crippen LogP contribution is -2.32. The van der Waals surface area contributed by atoms with E-state index in [4.69, 9.17) is 5.73 Å². The fourth-order valence-corrected chi connectivity index (χ4v) is 3.40. The highest BCUT2D eigenvalue weighted by molar-refractivity contribution is 5.97. The van der Waals surface area contributed by atoms with Crippen LogP contribution in [0.15, 0.2) is 42.5 Å². The van der Waals surface area contributed by atoms with Gasteiger partial charge in [-0.2, -0.15) is 0 Å². The van der Waals surface area contributed by atoms with E-state index in [0.717, 1.165) is 17.5 Å². The molecule has 2 atom stereocenters. The lowest BCUT2D eigenvalue weighted by Gasteiger charge is -2.28. The Hall–Kier alpha value is -2.07. The topological polar surface area (TPSA) is 46.3 Å². The van der Waals surface area contributed by atoms with Crippen LogP contribution in [-0.2, 0) is 0 Å². The minimum absolute atomic E-state index is 0. The summed E-state index contributed by atoms with van der Waals surface area (Å²) in [7, 11) is 0. The zero-order valence-electron chi connectivity index (χ0n) is 13.8. The summed E-state index contributed by atoms with van der Waals surface area (Å²) >= 11 is 0. The van der Waals surface area contributed by atoms with Gasteiger partial charge in [-0.15, -0.1) is 12.4 Å². The molecule has 1 aliphatic rings. The average molecular weight is 349 g/mol. The van der Waals surface area contributed by atoms with E-state index in [-0.39, 0.29) is 30.2 Å². The number of nitrogens with zero attached hydrogens (tertiary/aromatic N) is 1. The first-order valence-corrected chi connectivity index (χ1v) is 7.90. The Bertz CT molecular complexity index is 750. The summed E-state index contributed by atoms with van der Waals surface area (Å²) in [6.07, 6.45) is 0.911. The molecule has 1 amide bonds. The van der Waals surface area contributed by atoms with E-state index in [1.807, 2.05) is 24.0 Å². The van der Waals surface area contributed by atoms with Gasteiger partial charge in [-0.05, 0) is 54.7 Å². The van der Waals surface area contributed by atoms with Crippen molar-refractivity contribution >= 4 is 24.0 Å². The molecule has 128 valence electrons. The number of nitrogens with two attached hydrogens (primary N) is 1. The van der Waals surface area contributed by atoms with Gasteiger partial charge < -0.3 is 10.6 Å². The molecule has 0 spiro atoms. The predicted octanol–water partition coefficient (Wildman–Crippen LogP) is 4.36. The second-order valence-corrected chi connectivity index (χ2v) is 6.34. The molecule has 5 heteroatoms. The van der Waals surface area contributed by atoms with E-state index in [9.17, 15) is 9.18 Å². The van der Waals surface area contributed by atoms with Gasteiger partial charge in [-0.25, -0.2) is 4.39 Å². The Morgan fingerprint density at radius 1 is 1.25 bits per heavy atom. The fourth-order valence-electron chi connectivity index (χ4n) is 3.40. The van der Waals surface area contributed by atoms with Gasteiger partial charge in [0.1, 0.15) is 5.82 Å². The summed E-state index contributed by atoms with van der Waals surface area (Å²) in [5, 5.41) is 0. The van der Waals surface area contributed by atoms with E-state index in [0.29, 0.717) is 23.7 Å². The number of rotatable bonds is 2. The highest BCUT2D eigenvalue weighted by atomic mass is 35.5. The summed E-state index contributed by atoms with van der Waals surface area (Å²) in [6, 6.07) is 11.8. The normalized spacial score (nSPS) is 19.9. The maximum atomic E-state index is 13.6. The van der Waals surface area contributed by atoms with Gasteiger partial charge in [-0.3, -0.25) is 4.79 Å². The van der Waals surface area contributed by atoms with E-state index in [1.165, 1.54) is 12.1 Å². The number of aryl methyl sites for hydroxylation is 1. The third kappa shape index (κ3) is 3.39. The maximum Gasteiger partial charge on any atom is 0.254 e. The van der Waals surface area contributed by atoms with Crippen molar-refractivity contribution in [2.24, 2.45) is 5.92 Å². The summed E-state index contributed by atoms with van der Waals surface area (Å²) in [5.74, 6) is -0.00957. The Morgan fingerprint density at radius 3 is 2.71 bits per heavy atom. The van der Waals surface area contributed by atoms with Gasteiger partial charge in [0.2, 0.25) is 0 Å². The van der Waals surface area contributed by atoms with E-state index < -0.39 is 0 Å². The van der Waals surface area contributed by atoms with E-state index in [2.05, 4.69) is 6.92 Å². The smallest absolute Gasteiger partial charge is 0.254 e. The molecular formula is C19H22ClFN2O. The van der Waals surface area contributed by atoms with Crippen molar-refractivity contribution in [3.63, 3.8) is 0 Å². The van der Waals surface area contributed by atoms with Crippen molar-refractivity contribution in [1.29, 1.82) is 0 Å². The molecule has 0 aliphatic carbocycles. The second-order valence-electron chi connectivity index (χ2n) is 6.34.